The Labute approximate surface area is 183 Å². The van der Waals surface area contributed by atoms with Crippen molar-refractivity contribution in [2.24, 2.45) is 0 Å². The predicted octanol–water partition coefficient (Wildman–Crippen LogP) is 4.19. The summed E-state index contributed by atoms with van der Waals surface area (Å²) in [6, 6.07) is 8.47. The molecule has 0 saturated carbocycles. The standard InChI is InChI=1S/C22H24F3N3O2S/c1-31-17-6-4-15(5-7-17)13-21(11-9-19(30)28-21)10-8-18(29)27-20(22(23,24)25)16-3-2-12-26-14-16/h2-7,12,14,20H,8-11,13H2,1H3,(H,27,29)(H,28,30)/t20-,21-/m1/s1. The van der Waals surface area contributed by atoms with Crippen LogP contribution >= 0.6 is 11.8 Å². The lowest BCUT2D eigenvalue weighted by molar-refractivity contribution is -0.163. The minimum Gasteiger partial charge on any atom is -0.350 e. The number of carbonyl (C=O) groups excluding carboxylic acids is 2. The minimum atomic E-state index is -4.64. The third kappa shape index (κ3) is 6.22. The zero-order valence-electron chi connectivity index (χ0n) is 17.0. The first-order chi connectivity index (χ1) is 14.7. The molecule has 1 fully saturated rings. The number of thioether (sulfide) groups is 1. The highest BCUT2D eigenvalue weighted by Gasteiger charge is 2.43. The molecule has 2 N–H and O–H groups in total. The molecule has 5 nitrogen and oxygen atoms in total. The number of hydrogen-bond donors (Lipinski definition) is 2. The van der Waals surface area contributed by atoms with Crippen LogP contribution in [0.25, 0.3) is 0 Å². The molecule has 2 aromatic rings. The van der Waals surface area contributed by atoms with E-state index in [1.54, 1.807) is 11.8 Å². The molecule has 1 saturated heterocycles. The van der Waals surface area contributed by atoms with E-state index < -0.39 is 23.7 Å². The normalized spacial score (nSPS) is 19.7. The summed E-state index contributed by atoms with van der Waals surface area (Å²) >= 11 is 1.62. The molecular formula is C22H24F3N3O2S. The van der Waals surface area contributed by atoms with Gasteiger partial charge in [-0.1, -0.05) is 18.2 Å². The largest absolute Gasteiger partial charge is 0.412 e. The maximum absolute atomic E-state index is 13.5. The molecule has 1 aromatic heterocycles. The topological polar surface area (TPSA) is 71.1 Å². The molecule has 3 rings (SSSR count). The zero-order valence-corrected chi connectivity index (χ0v) is 17.9. The van der Waals surface area contributed by atoms with E-state index in [1.165, 1.54) is 18.3 Å². The molecule has 2 atom stereocenters. The van der Waals surface area contributed by atoms with Crippen LogP contribution in [0.1, 0.15) is 42.9 Å². The fourth-order valence-corrected chi connectivity index (χ4v) is 4.21. The van der Waals surface area contributed by atoms with Crippen molar-refractivity contribution in [2.45, 2.75) is 54.8 Å². The molecule has 0 radical (unpaired) electrons. The summed E-state index contributed by atoms with van der Waals surface area (Å²) < 4.78 is 40.4. The van der Waals surface area contributed by atoms with Gasteiger partial charge in [-0.25, -0.2) is 0 Å². The molecule has 2 amide bonds. The molecule has 1 aliphatic rings. The zero-order chi connectivity index (χ0) is 22.5. The second-order valence-corrected chi connectivity index (χ2v) is 8.56. The SMILES string of the molecule is CSc1ccc(C[C@@]2(CCC(=O)N[C@H](c3cccnc3)C(F)(F)F)CCC(=O)N2)cc1. The number of alkyl halides is 3. The van der Waals surface area contributed by atoms with E-state index >= 15 is 0 Å². The van der Waals surface area contributed by atoms with Crippen LogP contribution < -0.4 is 10.6 Å². The third-order valence-electron chi connectivity index (χ3n) is 5.42. The van der Waals surface area contributed by atoms with Crippen LogP contribution in [0.2, 0.25) is 0 Å². The van der Waals surface area contributed by atoms with Crippen molar-refractivity contribution < 1.29 is 22.8 Å². The number of aromatic nitrogens is 1. The van der Waals surface area contributed by atoms with E-state index in [0.29, 0.717) is 19.3 Å². The monoisotopic (exact) mass is 451 g/mol. The fourth-order valence-electron chi connectivity index (χ4n) is 3.80. The van der Waals surface area contributed by atoms with E-state index in [1.807, 2.05) is 30.5 Å². The summed E-state index contributed by atoms with van der Waals surface area (Å²) in [4.78, 5) is 29.2. The number of amides is 2. The number of pyridine rings is 1. The van der Waals surface area contributed by atoms with Crippen molar-refractivity contribution in [1.29, 1.82) is 0 Å². The first-order valence-corrected chi connectivity index (χ1v) is 11.1. The lowest BCUT2D eigenvalue weighted by atomic mass is 9.85. The fraction of sp³-hybridized carbons (Fsp3) is 0.409. The molecule has 2 heterocycles. The maximum Gasteiger partial charge on any atom is 0.412 e. The molecule has 0 aliphatic carbocycles. The van der Waals surface area contributed by atoms with E-state index in [9.17, 15) is 22.8 Å². The number of nitrogens with zero attached hydrogens (tertiary/aromatic N) is 1. The van der Waals surface area contributed by atoms with Gasteiger partial charge in [-0.05, 0) is 49.3 Å². The first-order valence-electron chi connectivity index (χ1n) is 9.91. The second-order valence-electron chi connectivity index (χ2n) is 7.68. The van der Waals surface area contributed by atoms with Gasteiger partial charge in [-0.2, -0.15) is 13.2 Å². The molecule has 9 heteroatoms. The Kier molecular flexibility index (Phi) is 7.25. The number of hydrogen-bond acceptors (Lipinski definition) is 4. The Morgan fingerprint density at radius 1 is 1.29 bits per heavy atom. The van der Waals surface area contributed by atoms with E-state index in [-0.39, 0.29) is 24.3 Å². The van der Waals surface area contributed by atoms with Gasteiger partial charge in [0.25, 0.3) is 0 Å². The van der Waals surface area contributed by atoms with Gasteiger partial charge in [-0.15, -0.1) is 11.8 Å². The quantitative estimate of drug-likeness (QED) is 0.591. The molecule has 1 aromatic carbocycles. The van der Waals surface area contributed by atoms with Crippen LogP contribution in [0.15, 0.2) is 53.7 Å². The summed E-state index contributed by atoms with van der Waals surface area (Å²) in [5.41, 5.74) is 0.238. The Morgan fingerprint density at radius 2 is 2.03 bits per heavy atom. The highest BCUT2D eigenvalue weighted by Crippen LogP contribution is 2.33. The molecule has 0 unspecified atom stereocenters. The Morgan fingerprint density at radius 3 is 2.58 bits per heavy atom. The summed E-state index contributed by atoms with van der Waals surface area (Å²) in [5.74, 6) is -0.825. The van der Waals surface area contributed by atoms with E-state index in [2.05, 4.69) is 15.6 Å². The average molecular weight is 452 g/mol. The van der Waals surface area contributed by atoms with Gasteiger partial charge in [0.2, 0.25) is 11.8 Å². The van der Waals surface area contributed by atoms with Gasteiger partial charge in [0.1, 0.15) is 0 Å². The Balaban J connectivity index is 1.68. The predicted molar refractivity (Wildman–Crippen MR) is 112 cm³/mol. The van der Waals surface area contributed by atoms with Gasteiger partial charge >= 0.3 is 6.18 Å². The van der Waals surface area contributed by atoms with Crippen LogP contribution in [0.5, 0.6) is 0 Å². The summed E-state index contributed by atoms with van der Waals surface area (Å²) in [5, 5.41) is 5.04. The van der Waals surface area contributed by atoms with Gasteiger partial charge in [0.15, 0.2) is 6.04 Å². The average Bonchev–Trinajstić information content (AvgIpc) is 3.11. The summed E-state index contributed by atoms with van der Waals surface area (Å²) in [6.07, 6.45) is 1.32. The van der Waals surface area contributed by atoms with Crippen LogP contribution in [0, 0.1) is 0 Å². The molecule has 0 bridgehead atoms. The van der Waals surface area contributed by atoms with Crippen LogP contribution in [-0.4, -0.2) is 34.8 Å². The van der Waals surface area contributed by atoms with Crippen LogP contribution in [0.3, 0.4) is 0 Å². The van der Waals surface area contributed by atoms with Crippen molar-refractivity contribution in [3.63, 3.8) is 0 Å². The van der Waals surface area contributed by atoms with Gasteiger partial charge in [-0.3, -0.25) is 14.6 Å². The van der Waals surface area contributed by atoms with Crippen molar-refractivity contribution in [3.05, 3.63) is 59.9 Å². The third-order valence-corrected chi connectivity index (χ3v) is 6.16. The molecule has 166 valence electrons. The van der Waals surface area contributed by atoms with E-state index in [4.69, 9.17) is 0 Å². The van der Waals surface area contributed by atoms with Gasteiger partial charge in [0, 0.05) is 41.2 Å². The van der Waals surface area contributed by atoms with Crippen molar-refractivity contribution in [2.75, 3.05) is 6.26 Å². The number of rotatable bonds is 8. The molecule has 31 heavy (non-hydrogen) atoms. The highest BCUT2D eigenvalue weighted by molar-refractivity contribution is 7.98. The van der Waals surface area contributed by atoms with Crippen LogP contribution in [0.4, 0.5) is 13.2 Å². The van der Waals surface area contributed by atoms with Crippen LogP contribution in [-0.2, 0) is 16.0 Å². The summed E-state index contributed by atoms with van der Waals surface area (Å²) in [7, 11) is 0. The number of carbonyl (C=O) groups is 2. The van der Waals surface area contributed by atoms with Crippen molar-refractivity contribution >= 4 is 23.6 Å². The van der Waals surface area contributed by atoms with Gasteiger partial charge < -0.3 is 10.6 Å². The lowest BCUT2D eigenvalue weighted by Crippen LogP contribution is -2.45. The molecule has 0 spiro atoms. The number of halogens is 3. The maximum atomic E-state index is 13.5. The Hall–Kier alpha value is -2.55. The summed E-state index contributed by atoms with van der Waals surface area (Å²) in [6.45, 7) is 0. The lowest BCUT2D eigenvalue weighted by Gasteiger charge is -2.30. The number of nitrogens with one attached hydrogen (secondary N) is 2. The minimum absolute atomic E-state index is 0.107. The van der Waals surface area contributed by atoms with Gasteiger partial charge in [0.05, 0.1) is 0 Å². The second kappa shape index (κ2) is 9.72. The molecular weight excluding hydrogens is 427 g/mol. The van der Waals surface area contributed by atoms with Crippen molar-refractivity contribution in [3.8, 4) is 0 Å². The van der Waals surface area contributed by atoms with Crippen molar-refractivity contribution in [1.82, 2.24) is 15.6 Å². The first kappa shape index (κ1) is 23.1. The molecule has 1 aliphatic heterocycles. The van der Waals surface area contributed by atoms with E-state index in [0.717, 1.165) is 16.7 Å². The highest BCUT2D eigenvalue weighted by atomic mass is 32.2. The smallest absolute Gasteiger partial charge is 0.350 e. The Bertz CT molecular complexity index is 906. The number of benzene rings is 1.